The third kappa shape index (κ3) is 2.29. The molecule has 2 aromatic rings. The van der Waals surface area contributed by atoms with Crippen molar-refractivity contribution in [1.82, 2.24) is 9.55 Å². The maximum Gasteiger partial charge on any atom is 0.313 e. The van der Waals surface area contributed by atoms with Gasteiger partial charge in [-0.15, -0.1) is 0 Å². The van der Waals surface area contributed by atoms with Crippen LogP contribution >= 0.6 is 11.8 Å². The van der Waals surface area contributed by atoms with Crippen LogP contribution in [0.15, 0.2) is 23.4 Å². The molecule has 1 aromatic heterocycles. The van der Waals surface area contributed by atoms with Gasteiger partial charge in [0.1, 0.15) is 0 Å². The Morgan fingerprint density at radius 3 is 2.94 bits per heavy atom. The summed E-state index contributed by atoms with van der Waals surface area (Å²) in [5, 5.41) is 9.49. The van der Waals surface area contributed by atoms with E-state index in [4.69, 9.17) is 5.11 Å². The lowest BCUT2D eigenvalue weighted by atomic mass is 10.2. The fourth-order valence-corrected chi connectivity index (χ4v) is 2.60. The minimum absolute atomic E-state index is 0.0440. The summed E-state index contributed by atoms with van der Waals surface area (Å²) in [4.78, 5) is 15.1. The Bertz CT molecular complexity index is 563. The van der Waals surface area contributed by atoms with Gasteiger partial charge in [0, 0.05) is 6.54 Å². The molecule has 0 spiro atoms. The second-order valence-corrected chi connectivity index (χ2v) is 4.71. The number of carboxylic acid groups (broad SMARTS) is 1. The average molecular weight is 250 g/mol. The Kier molecular flexibility index (Phi) is 3.38. The number of nitrogens with zero attached hydrogens (tertiary/aromatic N) is 2. The zero-order valence-corrected chi connectivity index (χ0v) is 10.6. The molecule has 0 amide bonds. The van der Waals surface area contributed by atoms with Crippen LogP contribution in [0.25, 0.3) is 11.0 Å². The molecule has 1 aromatic carbocycles. The first-order valence-electron chi connectivity index (χ1n) is 5.44. The van der Waals surface area contributed by atoms with Gasteiger partial charge in [0.15, 0.2) is 5.16 Å². The fourth-order valence-electron chi connectivity index (χ4n) is 1.81. The second-order valence-electron chi connectivity index (χ2n) is 3.76. The number of aryl methyl sites for hydroxylation is 2. The molecule has 0 bridgehead atoms. The SMILES string of the molecule is CCn1c(SCC(=O)O)nc2c(C)cccc21. The Labute approximate surface area is 104 Å². The van der Waals surface area contributed by atoms with Crippen LogP contribution in [0.5, 0.6) is 0 Å². The third-order valence-corrected chi connectivity index (χ3v) is 3.55. The molecule has 0 aliphatic carbocycles. The summed E-state index contributed by atoms with van der Waals surface area (Å²) in [5.74, 6) is -0.774. The molecule has 1 heterocycles. The van der Waals surface area contributed by atoms with Gasteiger partial charge in [-0.3, -0.25) is 4.79 Å². The van der Waals surface area contributed by atoms with E-state index in [9.17, 15) is 4.79 Å². The van der Waals surface area contributed by atoms with E-state index in [-0.39, 0.29) is 5.75 Å². The molecule has 0 fully saturated rings. The summed E-state index contributed by atoms with van der Waals surface area (Å²) in [6, 6.07) is 6.03. The van der Waals surface area contributed by atoms with Gasteiger partial charge in [-0.1, -0.05) is 23.9 Å². The lowest BCUT2D eigenvalue weighted by Gasteiger charge is -2.03. The maximum absolute atomic E-state index is 10.6. The van der Waals surface area contributed by atoms with Crippen LogP contribution in [0.3, 0.4) is 0 Å². The largest absolute Gasteiger partial charge is 0.481 e. The van der Waals surface area contributed by atoms with Crippen molar-refractivity contribution < 1.29 is 9.90 Å². The molecule has 2 rings (SSSR count). The van der Waals surface area contributed by atoms with Gasteiger partial charge in [-0.05, 0) is 25.5 Å². The number of aromatic nitrogens is 2. The first-order valence-corrected chi connectivity index (χ1v) is 6.42. The molecular formula is C12H14N2O2S. The predicted octanol–water partition coefficient (Wildman–Crippen LogP) is 2.54. The fraction of sp³-hybridized carbons (Fsp3) is 0.333. The van der Waals surface area contributed by atoms with Crippen molar-refractivity contribution in [2.45, 2.75) is 25.5 Å². The highest BCUT2D eigenvalue weighted by Gasteiger charge is 2.12. The lowest BCUT2D eigenvalue weighted by molar-refractivity contribution is -0.133. The van der Waals surface area contributed by atoms with Gasteiger partial charge in [-0.2, -0.15) is 0 Å². The van der Waals surface area contributed by atoms with Gasteiger partial charge in [-0.25, -0.2) is 4.98 Å². The van der Waals surface area contributed by atoms with Crippen LogP contribution in [0.1, 0.15) is 12.5 Å². The molecule has 0 radical (unpaired) electrons. The van der Waals surface area contributed by atoms with E-state index < -0.39 is 5.97 Å². The van der Waals surface area contributed by atoms with Crippen molar-refractivity contribution in [1.29, 1.82) is 0 Å². The van der Waals surface area contributed by atoms with E-state index in [0.717, 1.165) is 28.3 Å². The summed E-state index contributed by atoms with van der Waals surface area (Å²) < 4.78 is 2.05. The summed E-state index contributed by atoms with van der Waals surface area (Å²) in [7, 11) is 0. The summed E-state index contributed by atoms with van der Waals surface area (Å²) in [6.45, 7) is 4.84. The molecule has 0 saturated heterocycles. The van der Waals surface area contributed by atoms with Crippen LogP contribution < -0.4 is 0 Å². The zero-order chi connectivity index (χ0) is 12.4. The van der Waals surface area contributed by atoms with E-state index >= 15 is 0 Å². The number of imidazole rings is 1. The molecule has 4 nitrogen and oxygen atoms in total. The average Bonchev–Trinajstić information content (AvgIpc) is 2.65. The minimum atomic E-state index is -0.818. The van der Waals surface area contributed by atoms with Crippen LogP contribution in [-0.2, 0) is 11.3 Å². The Morgan fingerprint density at radius 2 is 2.29 bits per heavy atom. The van der Waals surface area contributed by atoms with Crippen LogP contribution in [0.2, 0.25) is 0 Å². The molecule has 1 N–H and O–H groups in total. The van der Waals surface area contributed by atoms with E-state index in [0.29, 0.717) is 0 Å². The smallest absolute Gasteiger partial charge is 0.313 e. The quantitative estimate of drug-likeness (QED) is 0.847. The normalized spacial score (nSPS) is 10.9. The van der Waals surface area contributed by atoms with E-state index in [1.165, 1.54) is 11.8 Å². The molecule has 0 atom stereocenters. The number of hydrogen-bond donors (Lipinski definition) is 1. The van der Waals surface area contributed by atoms with Crippen molar-refractivity contribution in [3.63, 3.8) is 0 Å². The number of aliphatic carboxylic acids is 1. The summed E-state index contributed by atoms with van der Waals surface area (Å²) in [6.07, 6.45) is 0. The molecular weight excluding hydrogens is 236 g/mol. The van der Waals surface area contributed by atoms with Gasteiger partial charge >= 0.3 is 5.97 Å². The number of carbonyl (C=O) groups is 1. The molecule has 5 heteroatoms. The summed E-state index contributed by atoms with van der Waals surface area (Å²) >= 11 is 1.27. The zero-order valence-electron chi connectivity index (χ0n) is 9.80. The highest BCUT2D eigenvalue weighted by atomic mass is 32.2. The second kappa shape index (κ2) is 4.79. The van der Waals surface area contributed by atoms with E-state index in [1.54, 1.807) is 0 Å². The Balaban J connectivity index is 2.48. The van der Waals surface area contributed by atoms with Crippen molar-refractivity contribution in [3.05, 3.63) is 23.8 Å². The van der Waals surface area contributed by atoms with Gasteiger partial charge in [0.05, 0.1) is 16.8 Å². The molecule has 0 unspecified atom stereocenters. The summed E-state index contributed by atoms with van der Waals surface area (Å²) in [5.41, 5.74) is 3.15. The van der Waals surface area contributed by atoms with Crippen LogP contribution in [-0.4, -0.2) is 26.4 Å². The maximum atomic E-state index is 10.6. The van der Waals surface area contributed by atoms with Crippen molar-refractivity contribution in [2.75, 3.05) is 5.75 Å². The number of benzene rings is 1. The van der Waals surface area contributed by atoms with Gasteiger partial charge in [0.2, 0.25) is 0 Å². The monoisotopic (exact) mass is 250 g/mol. The molecule has 17 heavy (non-hydrogen) atoms. The van der Waals surface area contributed by atoms with Crippen LogP contribution in [0, 0.1) is 6.92 Å². The Morgan fingerprint density at radius 1 is 1.53 bits per heavy atom. The van der Waals surface area contributed by atoms with Crippen molar-refractivity contribution in [3.8, 4) is 0 Å². The molecule has 0 aliphatic heterocycles. The molecule has 0 saturated carbocycles. The van der Waals surface area contributed by atoms with Gasteiger partial charge < -0.3 is 9.67 Å². The standard InChI is InChI=1S/C12H14N2O2S/c1-3-14-9-6-4-5-8(2)11(9)13-12(14)17-7-10(15)16/h4-6H,3,7H2,1-2H3,(H,15,16). The van der Waals surface area contributed by atoms with E-state index in [2.05, 4.69) is 9.55 Å². The number of carboxylic acids is 1. The lowest BCUT2D eigenvalue weighted by Crippen LogP contribution is -2.01. The minimum Gasteiger partial charge on any atom is -0.481 e. The van der Waals surface area contributed by atoms with Crippen molar-refractivity contribution in [2.24, 2.45) is 0 Å². The molecule has 0 aliphatic rings. The first kappa shape index (κ1) is 12.0. The van der Waals surface area contributed by atoms with Gasteiger partial charge in [0.25, 0.3) is 0 Å². The number of rotatable bonds is 4. The number of hydrogen-bond acceptors (Lipinski definition) is 3. The van der Waals surface area contributed by atoms with Crippen LogP contribution in [0.4, 0.5) is 0 Å². The highest BCUT2D eigenvalue weighted by molar-refractivity contribution is 7.99. The first-order chi connectivity index (χ1) is 8.13. The molecule has 90 valence electrons. The third-order valence-electron chi connectivity index (χ3n) is 2.59. The number of fused-ring (bicyclic) bond motifs is 1. The topological polar surface area (TPSA) is 55.1 Å². The number of para-hydroxylation sites is 1. The highest BCUT2D eigenvalue weighted by Crippen LogP contribution is 2.25. The van der Waals surface area contributed by atoms with E-state index in [1.807, 2.05) is 32.0 Å². The number of thioether (sulfide) groups is 1. The Hall–Kier alpha value is -1.49. The predicted molar refractivity (Wildman–Crippen MR) is 68.5 cm³/mol. The van der Waals surface area contributed by atoms with Crippen molar-refractivity contribution >= 4 is 28.8 Å².